The molecule has 164 valence electrons. The molecule has 31 heavy (non-hydrogen) atoms. The number of amides is 1. The average molecular weight is 429 g/mol. The molecule has 1 fully saturated rings. The maximum atomic E-state index is 12.6. The van der Waals surface area contributed by atoms with Crippen molar-refractivity contribution < 1.29 is 39.2 Å². The van der Waals surface area contributed by atoms with Crippen molar-refractivity contribution in [3.63, 3.8) is 0 Å². The van der Waals surface area contributed by atoms with Gasteiger partial charge in [0.05, 0.1) is 18.8 Å². The molecule has 6 N–H and O–H groups in total. The number of aromatic carboxylic acids is 1. The number of aryl methyl sites for hydroxylation is 1. The highest BCUT2D eigenvalue weighted by molar-refractivity contribution is 6.59. The van der Waals surface area contributed by atoms with E-state index in [4.69, 9.17) is 15.1 Å². The topological polar surface area (TPSA) is 163 Å². The summed E-state index contributed by atoms with van der Waals surface area (Å²) in [6, 6.07) is 8.29. The second-order valence-electron chi connectivity index (χ2n) is 7.80. The van der Waals surface area contributed by atoms with Gasteiger partial charge in [0.2, 0.25) is 5.91 Å². The van der Waals surface area contributed by atoms with E-state index in [-0.39, 0.29) is 54.5 Å². The largest absolute Gasteiger partial charge is 0.669 e. The monoisotopic (exact) mass is 429 g/mol. The lowest BCUT2D eigenvalue weighted by molar-refractivity contribution is -0.141. The number of fused-ring (bicyclic) bond motifs is 1. The first-order valence-electron chi connectivity index (χ1n) is 9.83. The number of nitrogens with two attached hydrogens (primary N) is 1. The van der Waals surface area contributed by atoms with Crippen LogP contribution in [0.5, 0.6) is 17.2 Å². The van der Waals surface area contributed by atoms with Gasteiger partial charge in [-0.05, 0) is 35.7 Å². The number of carbonyl (C=O) groups is 2. The van der Waals surface area contributed by atoms with Gasteiger partial charge in [-0.25, -0.2) is 4.79 Å². The van der Waals surface area contributed by atoms with Gasteiger partial charge in [-0.3, -0.25) is 4.79 Å². The maximum Gasteiger partial charge on any atom is 0.430 e. The molecular weight excluding hydrogens is 407 g/mol. The number of phenolic OH excluding ortho intramolecular Hbond substituents is 1. The zero-order valence-corrected chi connectivity index (χ0v) is 16.5. The Bertz CT molecular complexity index is 1020. The van der Waals surface area contributed by atoms with Crippen molar-refractivity contribution in [2.24, 2.45) is 5.73 Å². The smallest absolute Gasteiger partial charge is 0.430 e. The van der Waals surface area contributed by atoms with Crippen LogP contribution in [-0.2, 0) is 11.2 Å². The lowest BCUT2D eigenvalue weighted by Crippen LogP contribution is -2.58. The first-order valence-corrected chi connectivity index (χ1v) is 9.83. The summed E-state index contributed by atoms with van der Waals surface area (Å²) in [5.74, 6) is -1.64. The lowest BCUT2D eigenvalue weighted by atomic mass is 9.70. The minimum Gasteiger partial charge on any atom is -0.669 e. The van der Waals surface area contributed by atoms with Crippen LogP contribution in [0.15, 0.2) is 36.4 Å². The van der Waals surface area contributed by atoms with Gasteiger partial charge >= 0.3 is 12.7 Å². The van der Waals surface area contributed by atoms with Gasteiger partial charge < -0.3 is 40.3 Å². The zero-order valence-electron chi connectivity index (χ0n) is 16.5. The zero-order chi connectivity index (χ0) is 22.3. The molecule has 2 aromatic carbocycles. The maximum absolute atomic E-state index is 12.6. The number of ether oxygens (including phenoxy) is 1. The number of aromatic hydroxyl groups is 1. The van der Waals surface area contributed by atoms with E-state index in [1.807, 2.05) is 0 Å². The number of benzene rings is 2. The summed E-state index contributed by atoms with van der Waals surface area (Å²) < 4.78 is 10.9. The molecule has 4 rings (SSSR count). The molecule has 11 heteroatoms. The van der Waals surface area contributed by atoms with Gasteiger partial charge in [0.15, 0.2) is 0 Å². The molecule has 2 aromatic rings. The second kappa shape index (κ2) is 7.76. The van der Waals surface area contributed by atoms with E-state index < -0.39 is 24.9 Å². The van der Waals surface area contributed by atoms with Gasteiger partial charge in [0, 0.05) is 0 Å². The molecule has 0 radical (unpaired) electrons. The van der Waals surface area contributed by atoms with Crippen molar-refractivity contribution in [1.82, 2.24) is 4.90 Å². The number of carbonyl (C=O) groups excluding carboxylic acids is 1. The van der Waals surface area contributed by atoms with Gasteiger partial charge in [0.1, 0.15) is 29.2 Å². The van der Waals surface area contributed by atoms with Gasteiger partial charge in [-0.2, -0.15) is 0 Å². The molecule has 0 aromatic heterocycles. The first-order chi connectivity index (χ1) is 14.6. The van der Waals surface area contributed by atoms with Gasteiger partial charge in [-0.1, -0.05) is 24.5 Å². The highest BCUT2D eigenvalue weighted by Gasteiger charge is 2.37. The Labute approximate surface area is 177 Å². The summed E-state index contributed by atoms with van der Waals surface area (Å²) >= 11 is 0. The minimum absolute atomic E-state index is 0.0206. The Hall–Kier alpha value is -3.28. The van der Waals surface area contributed by atoms with Gasteiger partial charge in [0.25, 0.3) is 0 Å². The number of hydrogen-bond donors (Lipinski definition) is 5. The van der Waals surface area contributed by atoms with Crippen LogP contribution in [0, 0.1) is 0 Å². The van der Waals surface area contributed by atoms with Crippen LogP contribution in [0.25, 0.3) is 0 Å². The Kier molecular flexibility index (Phi) is 5.25. The van der Waals surface area contributed by atoms with E-state index in [2.05, 4.69) is 0 Å². The average Bonchev–Trinajstić information content (AvgIpc) is 2.68. The summed E-state index contributed by atoms with van der Waals surface area (Å²) in [5, 5.41) is 38.6. The fourth-order valence-electron chi connectivity index (χ4n) is 3.72. The van der Waals surface area contributed by atoms with Crippen molar-refractivity contribution in [3.8, 4) is 17.2 Å². The van der Waals surface area contributed by atoms with E-state index in [1.165, 1.54) is 23.1 Å². The third-order valence-corrected chi connectivity index (χ3v) is 5.48. The second-order valence-corrected chi connectivity index (χ2v) is 7.80. The fourth-order valence-corrected chi connectivity index (χ4v) is 3.72. The summed E-state index contributed by atoms with van der Waals surface area (Å²) in [5.41, 5.74) is 6.84. The van der Waals surface area contributed by atoms with Crippen LogP contribution in [-0.4, -0.2) is 63.0 Å². The Balaban J connectivity index is 1.44. The molecule has 10 nitrogen and oxygen atoms in total. The molecule has 2 aliphatic rings. The number of carboxylic acids is 1. The molecule has 1 atom stereocenters. The summed E-state index contributed by atoms with van der Waals surface area (Å²) in [6.07, 6.45) is -0.203. The molecule has 0 aliphatic carbocycles. The summed E-state index contributed by atoms with van der Waals surface area (Å²) in [7, 11) is 0. The van der Waals surface area contributed by atoms with Crippen molar-refractivity contribution in [2.75, 3.05) is 13.1 Å². The predicted molar refractivity (Wildman–Crippen MR) is 109 cm³/mol. The normalized spacial score (nSPS) is 18.4. The van der Waals surface area contributed by atoms with Gasteiger partial charge in [-0.15, -0.1) is 0 Å². The standard InChI is InChI=1S/C20H22BN2O8/c22-17(11-1-4-13(24)5-2-11)19(25)23-9-14(10-23)30-15-6-3-12-7-8-21(28,29)31-18(12)16(15)20(26)27/h1-6,14,17,24,28-29H,7-10,22H2,(H,26,27)/q-1. The fraction of sp³-hybridized carbons (Fsp3) is 0.300. The number of nitrogens with zero attached hydrogens (tertiary/aromatic N) is 1. The number of rotatable bonds is 5. The summed E-state index contributed by atoms with van der Waals surface area (Å²) in [4.78, 5) is 25.9. The van der Waals surface area contributed by atoms with Crippen molar-refractivity contribution in [1.29, 1.82) is 0 Å². The Morgan fingerprint density at radius 2 is 1.84 bits per heavy atom. The third kappa shape index (κ3) is 4.15. The number of likely N-dealkylation sites (tertiary alicyclic amines) is 1. The first kappa shape index (κ1) is 21.0. The van der Waals surface area contributed by atoms with Crippen molar-refractivity contribution in [3.05, 3.63) is 53.1 Å². The van der Waals surface area contributed by atoms with Crippen molar-refractivity contribution in [2.45, 2.75) is 24.9 Å². The Morgan fingerprint density at radius 1 is 1.16 bits per heavy atom. The molecule has 1 amide bonds. The molecule has 0 bridgehead atoms. The lowest BCUT2D eigenvalue weighted by Gasteiger charge is -2.41. The molecule has 1 saturated heterocycles. The molecule has 1 unspecified atom stereocenters. The predicted octanol–water partition coefficient (Wildman–Crippen LogP) is 0.238. The van der Waals surface area contributed by atoms with E-state index in [0.717, 1.165) is 0 Å². The molecule has 2 heterocycles. The molecule has 0 saturated carbocycles. The Morgan fingerprint density at radius 3 is 2.48 bits per heavy atom. The SMILES string of the molecule is NC(C(=O)N1CC(Oc2ccc3c(c2C(=O)O)O[B-](O)(O)CC3)C1)c1ccc(O)cc1. The van der Waals surface area contributed by atoms with Crippen LogP contribution >= 0.6 is 0 Å². The van der Waals surface area contributed by atoms with E-state index in [1.54, 1.807) is 18.2 Å². The van der Waals surface area contributed by atoms with Crippen LogP contribution < -0.4 is 15.1 Å². The van der Waals surface area contributed by atoms with E-state index in [9.17, 15) is 29.9 Å². The number of hydrogen-bond acceptors (Lipinski definition) is 8. The highest BCUT2D eigenvalue weighted by Crippen LogP contribution is 2.39. The number of carboxylic acid groups (broad SMARTS) is 1. The third-order valence-electron chi connectivity index (χ3n) is 5.48. The van der Waals surface area contributed by atoms with Crippen LogP contribution in [0.1, 0.15) is 27.5 Å². The highest BCUT2D eigenvalue weighted by atomic mass is 16.6. The summed E-state index contributed by atoms with van der Waals surface area (Å²) in [6.45, 7) is -2.69. The van der Waals surface area contributed by atoms with E-state index >= 15 is 0 Å². The quantitative estimate of drug-likeness (QED) is 0.419. The van der Waals surface area contributed by atoms with Crippen LogP contribution in [0.4, 0.5) is 0 Å². The molecular formula is C20H22BN2O8-. The molecule has 0 spiro atoms. The number of phenols is 1. The van der Waals surface area contributed by atoms with Crippen molar-refractivity contribution >= 4 is 18.6 Å². The minimum atomic E-state index is -3.12. The van der Waals surface area contributed by atoms with Crippen LogP contribution in [0.2, 0.25) is 6.32 Å². The van der Waals surface area contributed by atoms with E-state index in [0.29, 0.717) is 11.1 Å². The van der Waals surface area contributed by atoms with Crippen LogP contribution in [0.3, 0.4) is 0 Å². The molecule has 2 aliphatic heterocycles.